The maximum Gasteiger partial charge on any atom is 0.249 e. The Balaban J connectivity index is 3.85. The molecule has 0 spiro atoms. The van der Waals surface area contributed by atoms with Crippen molar-refractivity contribution in [2.75, 3.05) is 6.61 Å². The van der Waals surface area contributed by atoms with E-state index in [2.05, 4.69) is 37.4 Å². The molecule has 0 fully saturated rings. The van der Waals surface area contributed by atoms with Crippen molar-refractivity contribution in [2.24, 2.45) is 0 Å². The van der Waals surface area contributed by atoms with E-state index in [1.807, 2.05) is 6.08 Å². The lowest BCUT2D eigenvalue weighted by Crippen LogP contribution is -2.53. The van der Waals surface area contributed by atoms with Crippen LogP contribution in [0.15, 0.2) is 24.3 Å². The Hall–Kier alpha value is -1.21. The Morgan fingerprint density at radius 1 is 0.571 bits per heavy atom. The van der Waals surface area contributed by atoms with Gasteiger partial charge < -0.3 is 25.7 Å². The van der Waals surface area contributed by atoms with Crippen molar-refractivity contribution < 1.29 is 25.2 Å². The minimum atomic E-state index is -1.29. The standard InChI is InChI=1S/C36H69NO5/c1-3-5-7-9-11-13-14-15-16-17-18-19-20-21-22-24-25-27-29-33(39)35(41)32(31-38)37-36(42)34(40)30-28-26-23-12-10-8-6-4-2/h22-24,26,32-35,38-41H,3-21,25,27-31H2,1-2H3,(H,37,42)/b24-22+,26-23-. The van der Waals surface area contributed by atoms with Gasteiger partial charge in [0.15, 0.2) is 0 Å². The van der Waals surface area contributed by atoms with E-state index in [4.69, 9.17) is 0 Å². The summed E-state index contributed by atoms with van der Waals surface area (Å²) in [5.41, 5.74) is 0. The average molecular weight is 596 g/mol. The smallest absolute Gasteiger partial charge is 0.249 e. The monoisotopic (exact) mass is 596 g/mol. The number of nitrogens with one attached hydrogen (secondary N) is 1. The molecule has 0 saturated heterocycles. The van der Waals surface area contributed by atoms with E-state index in [1.54, 1.807) is 0 Å². The highest BCUT2D eigenvalue weighted by Crippen LogP contribution is 2.14. The van der Waals surface area contributed by atoms with Crippen molar-refractivity contribution in [3.05, 3.63) is 24.3 Å². The zero-order valence-corrected chi connectivity index (χ0v) is 27.5. The molecule has 6 heteroatoms. The third-order valence-corrected chi connectivity index (χ3v) is 8.14. The van der Waals surface area contributed by atoms with Crippen LogP contribution in [-0.2, 0) is 4.79 Å². The fraction of sp³-hybridized carbons (Fsp3) is 0.861. The quantitative estimate of drug-likeness (QED) is 0.0411. The molecule has 1 amide bonds. The lowest BCUT2D eigenvalue weighted by molar-refractivity contribution is -0.132. The number of allylic oxidation sites excluding steroid dienone is 4. The van der Waals surface area contributed by atoms with Gasteiger partial charge in [0.2, 0.25) is 5.91 Å². The second-order valence-corrected chi connectivity index (χ2v) is 12.2. The van der Waals surface area contributed by atoms with Crippen molar-refractivity contribution >= 4 is 5.91 Å². The van der Waals surface area contributed by atoms with E-state index in [9.17, 15) is 25.2 Å². The molecule has 0 rings (SSSR count). The van der Waals surface area contributed by atoms with Gasteiger partial charge in [-0.05, 0) is 57.8 Å². The molecule has 0 aromatic carbocycles. The maximum absolute atomic E-state index is 12.3. The molecule has 5 N–H and O–H groups in total. The molecule has 4 atom stereocenters. The molecule has 248 valence electrons. The Kier molecular flexibility index (Phi) is 30.3. The highest BCUT2D eigenvalue weighted by molar-refractivity contribution is 5.80. The summed E-state index contributed by atoms with van der Waals surface area (Å²) in [7, 11) is 0. The van der Waals surface area contributed by atoms with Crippen LogP contribution in [0.5, 0.6) is 0 Å². The molecule has 0 saturated carbocycles. The summed E-state index contributed by atoms with van der Waals surface area (Å²) in [4.78, 5) is 12.3. The summed E-state index contributed by atoms with van der Waals surface area (Å²) in [6, 6.07) is -1.01. The van der Waals surface area contributed by atoms with Crippen LogP contribution in [-0.4, -0.2) is 57.3 Å². The molecule has 0 heterocycles. The van der Waals surface area contributed by atoms with Gasteiger partial charge in [-0.25, -0.2) is 0 Å². The molecule has 0 aromatic heterocycles. The van der Waals surface area contributed by atoms with E-state index < -0.39 is 36.9 Å². The number of carbonyl (C=O) groups excluding carboxylic acids is 1. The number of hydrogen-bond acceptors (Lipinski definition) is 5. The molecule has 0 aliphatic carbocycles. The first kappa shape index (κ1) is 40.8. The van der Waals surface area contributed by atoms with E-state index in [-0.39, 0.29) is 6.42 Å². The van der Waals surface area contributed by atoms with Crippen LogP contribution in [0.4, 0.5) is 0 Å². The first-order valence-electron chi connectivity index (χ1n) is 17.7. The first-order valence-corrected chi connectivity index (χ1v) is 17.7. The number of aliphatic hydroxyl groups is 4. The zero-order chi connectivity index (χ0) is 31.1. The number of unbranched alkanes of at least 4 members (excludes halogenated alkanes) is 18. The predicted molar refractivity (Wildman–Crippen MR) is 177 cm³/mol. The summed E-state index contributed by atoms with van der Waals surface area (Å²) in [6.45, 7) is 3.95. The predicted octanol–water partition coefficient (Wildman–Crippen LogP) is 8.06. The SMILES string of the molecule is CCCCCC/C=C\CCC(O)C(=O)NC(CO)C(O)C(O)CCC/C=C/CCCCCCCCCCCCCCC. The van der Waals surface area contributed by atoms with Gasteiger partial charge in [0, 0.05) is 0 Å². The van der Waals surface area contributed by atoms with E-state index in [1.165, 1.54) is 103 Å². The summed E-state index contributed by atoms with van der Waals surface area (Å²) in [5.74, 6) is -0.632. The lowest BCUT2D eigenvalue weighted by Gasteiger charge is -2.27. The number of carbonyl (C=O) groups is 1. The van der Waals surface area contributed by atoms with Crippen molar-refractivity contribution in [3.63, 3.8) is 0 Å². The molecular weight excluding hydrogens is 526 g/mol. The topological polar surface area (TPSA) is 110 Å². The molecule has 6 nitrogen and oxygen atoms in total. The van der Waals surface area contributed by atoms with Crippen LogP contribution < -0.4 is 5.32 Å². The van der Waals surface area contributed by atoms with Crippen LogP contribution in [0, 0.1) is 0 Å². The Bertz CT molecular complexity index is 638. The van der Waals surface area contributed by atoms with Gasteiger partial charge in [-0.1, -0.05) is 134 Å². The van der Waals surface area contributed by atoms with Crippen LogP contribution in [0.2, 0.25) is 0 Å². The maximum atomic E-state index is 12.3. The summed E-state index contributed by atoms with van der Waals surface area (Å²) in [5, 5.41) is 43.1. The summed E-state index contributed by atoms with van der Waals surface area (Å²) >= 11 is 0. The van der Waals surface area contributed by atoms with Crippen LogP contribution in [0.3, 0.4) is 0 Å². The van der Waals surface area contributed by atoms with E-state index in [0.29, 0.717) is 19.3 Å². The Morgan fingerprint density at radius 2 is 0.976 bits per heavy atom. The largest absolute Gasteiger partial charge is 0.394 e. The van der Waals surface area contributed by atoms with Gasteiger partial charge >= 0.3 is 0 Å². The van der Waals surface area contributed by atoms with Gasteiger partial charge in [-0.3, -0.25) is 4.79 Å². The van der Waals surface area contributed by atoms with Crippen molar-refractivity contribution in [3.8, 4) is 0 Å². The average Bonchev–Trinajstić information content (AvgIpc) is 2.99. The van der Waals surface area contributed by atoms with Crippen LogP contribution >= 0.6 is 0 Å². The minimum Gasteiger partial charge on any atom is -0.394 e. The second kappa shape index (κ2) is 31.2. The van der Waals surface area contributed by atoms with Crippen LogP contribution in [0.25, 0.3) is 0 Å². The minimum absolute atomic E-state index is 0.278. The van der Waals surface area contributed by atoms with Gasteiger partial charge in [-0.15, -0.1) is 0 Å². The van der Waals surface area contributed by atoms with E-state index >= 15 is 0 Å². The fourth-order valence-electron chi connectivity index (χ4n) is 5.23. The third kappa shape index (κ3) is 25.3. The molecule has 4 unspecified atom stereocenters. The molecule has 0 aliphatic rings. The van der Waals surface area contributed by atoms with Gasteiger partial charge in [0.05, 0.1) is 18.8 Å². The van der Waals surface area contributed by atoms with Crippen molar-refractivity contribution in [1.29, 1.82) is 0 Å². The number of hydrogen-bond donors (Lipinski definition) is 5. The molecule has 0 bridgehead atoms. The van der Waals surface area contributed by atoms with Gasteiger partial charge in [0.1, 0.15) is 12.2 Å². The zero-order valence-electron chi connectivity index (χ0n) is 27.5. The molecule has 42 heavy (non-hydrogen) atoms. The Labute approximate surface area is 259 Å². The van der Waals surface area contributed by atoms with Crippen molar-refractivity contribution in [2.45, 2.75) is 192 Å². The number of rotatable bonds is 31. The molecular formula is C36H69NO5. The van der Waals surface area contributed by atoms with Gasteiger partial charge in [-0.2, -0.15) is 0 Å². The molecule has 0 aliphatic heterocycles. The summed E-state index contributed by atoms with van der Waals surface area (Å²) < 4.78 is 0. The summed E-state index contributed by atoms with van der Waals surface area (Å²) in [6.07, 6.45) is 32.3. The Morgan fingerprint density at radius 3 is 1.45 bits per heavy atom. The number of amides is 1. The molecule has 0 radical (unpaired) electrons. The van der Waals surface area contributed by atoms with Gasteiger partial charge in [0.25, 0.3) is 0 Å². The highest BCUT2D eigenvalue weighted by Gasteiger charge is 2.28. The third-order valence-electron chi connectivity index (χ3n) is 8.14. The molecule has 0 aromatic rings. The second-order valence-electron chi connectivity index (χ2n) is 12.2. The number of aliphatic hydroxyl groups excluding tert-OH is 4. The first-order chi connectivity index (χ1) is 20.5. The van der Waals surface area contributed by atoms with E-state index in [0.717, 1.165) is 25.7 Å². The normalized spacial score (nSPS) is 14.9. The highest BCUT2D eigenvalue weighted by atomic mass is 16.3. The fourth-order valence-corrected chi connectivity index (χ4v) is 5.23. The van der Waals surface area contributed by atoms with Crippen molar-refractivity contribution in [1.82, 2.24) is 5.32 Å². The van der Waals surface area contributed by atoms with Crippen LogP contribution in [0.1, 0.15) is 168 Å². The lowest BCUT2D eigenvalue weighted by atomic mass is 10.00.